The molecule has 1 aromatic carbocycles. The summed E-state index contributed by atoms with van der Waals surface area (Å²) in [5.41, 5.74) is 2.81. The number of fused-ring (bicyclic) bond motifs is 2. The first-order valence-electron chi connectivity index (χ1n) is 6.40. The molecule has 0 aromatic heterocycles. The van der Waals surface area contributed by atoms with Crippen LogP contribution < -0.4 is 3.11 Å². The monoisotopic (exact) mass is 392 g/mol. The lowest BCUT2D eigenvalue weighted by Crippen LogP contribution is -2.46. The van der Waals surface area contributed by atoms with Gasteiger partial charge in [0.15, 0.2) is 0 Å². The molecule has 0 radical (unpaired) electrons. The molecular weight excluding hydrogens is 375 g/mol. The largest absolute Gasteiger partial charge is 0.314 e. The van der Waals surface area contributed by atoms with Crippen molar-refractivity contribution in [3.05, 3.63) is 29.8 Å². The van der Waals surface area contributed by atoms with E-state index in [-0.39, 0.29) is 5.41 Å². The quantitative estimate of drug-likeness (QED) is 0.543. The summed E-state index contributed by atoms with van der Waals surface area (Å²) in [6.45, 7) is 2.26. The highest BCUT2D eigenvalue weighted by Gasteiger charge is 2.45. The average molecular weight is 392 g/mol. The maximum atomic E-state index is 11.6. The van der Waals surface area contributed by atoms with Gasteiger partial charge in [-0.1, -0.05) is 18.2 Å². The number of hydrogen-bond acceptors (Lipinski definition) is 3. The van der Waals surface area contributed by atoms with Gasteiger partial charge in [-0.25, -0.2) is 12.7 Å². The first kappa shape index (κ1) is 13.6. The molecule has 0 saturated carbocycles. The van der Waals surface area contributed by atoms with E-state index < -0.39 is 10.0 Å². The minimum atomic E-state index is -3.05. The van der Waals surface area contributed by atoms with Gasteiger partial charge in [0, 0.05) is 30.7 Å². The van der Waals surface area contributed by atoms with Crippen molar-refractivity contribution in [1.82, 2.24) is 4.31 Å². The molecular formula is C13H17IN2O2S. The number of hydrogen-bond donors (Lipinski definition) is 0. The van der Waals surface area contributed by atoms with Crippen LogP contribution in [0, 0.1) is 0 Å². The third kappa shape index (κ3) is 2.27. The Morgan fingerprint density at radius 3 is 2.47 bits per heavy atom. The fraction of sp³-hybridized carbons (Fsp3) is 0.538. The number of benzene rings is 1. The molecule has 104 valence electrons. The molecule has 0 amide bonds. The lowest BCUT2D eigenvalue weighted by Gasteiger charge is -2.38. The molecule has 6 heteroatoms. The SMILES string of the molecule is CS(=O)(=O)N1CCC2(CC1)CN(I)c1ccccc12. The minimum absolute atomic E-state index is 0.138. The maximum Gasteiger partial charge on any atom is 0.211 e. The van der Waals surface area contributed by atoms with Gasteiger partial charge in [0.25, 0.3) is 0 Å². The van der Waals surface area contributed by atoms with Crippen molar-refractivity contribution in [1.29, 1.82) is 0 Å². The highest BCUT2D eigenvalue weighted by atomic mass is 127. The van der Waals surface area contributed by atoms with Crippen molar-refractivity contribution in [2.75, 3.05) is 29.0 Å². The number of halogens is 1. The van der Waals surface area contributed by atoms with E-state index in [4.69, 9.17) is 0 Å². The van der Waals surface area contributed by atoms with E-state index in [0.717, 1.165) is 19.4 Å². The number of para-hydroxylation sites is 1. The van der Waals surface area contributed by atoms with Gasteiger partial charge in [-0.2, -0.15) is 0 Å². The number of sulfonamides is 1. The van der Waals surface area contributed by atoms with Crippen LogP contribution in [0.5, 0.6) is 0 Å². The molecule has 0 atom stereocenters. The van der Waals surface area contributed by atoms with Crippen LogP contribution in [0.25, 0.3) is 0 Å². The normalized spacial score (nSPS) is 22.7. The summed E-state index contributed by atoms with van der Waals surface area (Å²) in [7, 11) is -3.05. The van der Waals surface area contributed by atoms with Gasteiger partial charge in [0.05, 0.1) is 29.1 Å². The van der Waals surface area contributed by atoms with E-state index in [2.05, 4.69) is 50.2 Å². The third-order valence-electron chi connectivity index (χ3n) is 4.33. The zero-order valence-electron chi connectivity index (χ0n) is 10.8. The second-order valence-corrected chi connectivity index (χ2v) is 8.63. The average Bonchev–Trinajstić information content (AvgIpc) is 2.63. The Kier molecular flexibility index (Phi) is 3.30. The van der Waals surface area contributed by atoms with Gasteiger partial charge < -0.3 is 3.11 Å². The Morgan fingerprint density at radius 2 is 1.84 bits per heavy atom. The Labute approximate surface area is 128 Å². The highest BCUT2D eigenvalue weighted by Crippen LogP contribution is 2.48. The van der Waals surface area contributed by atoms with Crippen LogP contribution in [-0.4, -0.2) is 38.6 Å². The summed E-state index contributed by atoms with van der Waals surface area (Å²) in [6, 6.07) is 8.50. The van der Waals surface area contributed by atoms with Crippen LogP contribution in [0.1, 0.15) is 18.4 Å². The van der Waals surface area contributed by atoms with E-state index in [9.17, 15) is 8.42 Å². The van der Waals surface area contributed by atoms with Crippen LogP contribution in [0.4, 0.5) is 5.69 Å². The van der Waals surface area contributed by atoms with Crippen molar-refractivity contribution < 1.29 is 8.42 Å². The van der Waals surface area contributed by atoms with Crippen LogP contribution in [0.3, 0.4) is 0 Å². The molecule has 2 aliphatic rings. The second-order valence-electron chi connectivity index (χ2n) is 5.48. The third-order valence-corrected chi connectivity index (χ3v) is 6.49. The Balaban J connectivity index is 1.89. The molecule has 0 aliphatic carbocycles. The molecule has 19 heavy (non-hydrogen) atoms. The topological polar surface area (TPSA) is 40.6 Å². The Bertz CT molecular complexity index is 594. The second kappa shape index (κ2) is 4.60. The van der Waals surface area contributed by atoms with Crippen LogP contribution in [0.15, 0.2) is 24.3 Å². The molecule has 0 N–H and O–H groups in total. The summed E-state index contributed by atoms with van der Waals surface area (Å²) >= 11 is 2.36. The van der Waals surface area contributed by atoms with E-state index in [1.165, 1.54) is 17.5 Å². The zero-order chi connectivity index (χ0) is 13.7. The fourth-order valence-corrected chi connectivity index (χ4v) is 5.16. The van der Waals surface area contributed by atoms with Crippen molar-refractivity contribution >= 4 is 38.6 Å². The highest BCUT2D eigenvalue weighted by molar-refractivity contribution is 14.1. The van der Waals surface area contributed by atoms with Crippen LogP contribution in [-0.2, 0) is 15.4 Å². The number of anilines is 1. The number of nitrogens with zero attached hydrogens (tertiary/aromatic N) is 2. The molecule has 1 aromatic rings. The first-order chi connectivity index (χ1) is 8.92. The predicted octanol–water partition coefficient (Wildman–Crippen LogP) is 2.15. The molecule has 1 spiro atoms. The summed E-state index contributed by atoms with van der Waals surface area (Å²) in [5, 5.41) is 0. The molecule has 1 saturated heterocycles. The molecule has 2 aliphatic heterocycles. The molecule has 1 fully saturated rings. The first-order valence-corrected chi connectivity index (χ1v) is 9.22. The van der Waals surface area contributed by atoms with Crippen LogP contribution in [0.2, 0.25) is 0 Å². The number of piperidine rings is 1. The zero-order valence-corrected chi connectivity index (χ0v) is 13.8. The lowest BCUT2D eigenvalue weighted by atomic mass is 9.75. The molecule has 3 rings (SSSR count). The number of rotatable bonds is 1. The van der Waals surface area contributed by atoms with E-state index in [1.807, 2.05) is 0 Å². The van der Waals surface area contributed by atoms with Gasteiger partial charge in [0.1, 0.15) is 0 Å². The van der Waals surface area contributed by atoms with Gasteiger partial charge >= 0.3 is 0 Å². The van der Waals surface area contributed by atoms with Crippen molar-refractivity contribution in [2.45, 2.75) is 18.3 Å². The molecule has 4 nitrogen and oxygen atoms in total. The maximum absolute atomic E-state index is 11.6. The van der Waals surface area contributed by atoms with E-state index >= 15 is 0 Å². The Morgan fingerprint density at radius 1 is 1.21 bits per heavy atom. The van der Waals surface area contributed by atoms with Crippen molar-refractivity contribution in [2.24, 2.45) is 0 Å². The van der Waals surface area contributed by atoms with E-state index in [1.54, 1.807) is 4.31 Å². The molecule has 0 unspecified atom stereocenters. The molecule has 0 bridgehead atoms. The van der Waals surface area contributed by atoms with Gasteiger partial charge in [0.2, 0.25) is 10.0 Å². The van der Waals surface area contributed by atoms with Crippen molar-refractivity contribution in [3.8, 4) is 0 Å². The summed E-state index contributed by atoms with van der Waals surface area (Å²) in [4.78, 5) is 0. The molecule has 2 heterocycles. The van der Waals surface area contributed by atoms with Gasteiger partial charge in [-0.05, 0) is 24.5 Å². The Hall–Kier alpha value is -0.340. The lowest BCUT2D eigenvalue weighted by molar-refractivity contribution is 0.249. The smallest absolute Gasteiger partial charge is 0.211 e. The summed E-state index contributed by atoms with van der Waals surface area (Å²) in [6.07, 6.45) is 3.13. The van der Waals surface area contributed by atoms with E-state index in [0.29, 0.717) is 13.1 Å². The summed E-state index contributed by atoms with van der Waals surface area (Å²) in [5.74, 6) is 0. The standard InChI is InChI=1S/C13H17IN2O2S/c1-19(17,18)15-8-6-13(7-9-15)10-16(14)12-5-3-2-4-11(12)13/h2-5H,6-10H2,1H3. The predicted molar refractivity (Wildman–Crippen MR) is 85.1 cm³/mol. The van der Waals surface area contributed by atoms with Gasteiger partial charge in [-0.15, -0.1) is 0 Å². The minimum Gasteiger partial charge on any atom is -0.314 e. The summed E-state index contributed by atoms with van der Waals surface area (Å²) < 4.78 is 27.1. The van der Waals surface area contributed by atoms with Crippen LogP contribution >= 0.6 is 22.9 Å². The fourth-order valence-electron chi connectivity index (χ4n) is 3.24. The van der Waals surface area contributed by atoms with Gasteiger partial charge in [-0.3, -0.25) is 0 Å². The van der Waals surface area contributed by atoms with Crippen molar-refractivity contribution in [3.63, 3.8) is 0 Å².